The average Bonchev–Trinajstić information content (AvgIpc) is 3.45. The topological polar surface area (TPSA) is 151 Å². The van der Waals surface area contributed by atoms with Gasteiger partial charge >= 0.3 is 0 Å². The average molecular weight is 500 g/mol. The van der Waals surface area contributed by atoms with Crippen LogP contribution in [0.5, 0.6) is 11.5 Å². The van der Waals surface area contributed by atoms with E-state index in [9.17, 15) is 20.4 Å². The van der Waals surface area contributed by atoms with Crippen LogP contribution in [0.1, 0.15) is 35.4 Å². The standard InChI is InChI=1S/C25H29N3O8/c1-10-26-27-23(33-10)21-18(31)17(30)19(32)24(36-21)34-15-6-4-12-13-9-11-3-5-14(29)20-16(11)25(12,22(15)35-20)7-8-28(13)2/h3-6,12-13,15,17-19,21-22,24,29-32H,7-9H2,1-2H3/t12?,13-,15?,17+,18-,19?,21?,22+,24-,25+/m1/s1. The van der Waals surface area contributed by atoms with E-state index in [2.05, 4.69) is 28.2 Å². The fraction of sp³-hybridized carbons (Fsp3) is 0.600. The van der Waals surface area contributed by atoms with E-state index in [1.54, 1.807) is 13.0 Å². The lowest BCUT2D eigenvalue weighted by atomic mass is 9.53. The van der Waals surface area contributed by atoms with Crippen molar-refractivity contribution in [2.24, 2.45) is 5.92 Å². The lowest BCUT2D eigenvalue weighted by molar-refractivity contribution is -0.316. The molecule has 2 bridgehead atoms. The van der Waals surface area contributed by atoms with Crippen molar-refractivity contribution in [3.8, 4) is 11.5 Å². The zero-order valence-corrected chi connectivity index (χ0v) is 19.9. The molecular formula is C25H29N3O8. The molecule has 3 aliphatic heterocycles. The molecule has 0 amide bonds. The van der Waals surface area contributed by atoms with Crippen molar-refractivity contribution < 1.29 is 39.1 Å². The normalized spacial score (nSPS) is 42.8. The van der Waals surface area contributed by atoms with Gasteiger partial charge in [-0.3, -0.25) is 0 Å². The van der Waals surface area contributed by atoms with E-state index in [0.29, 0.717) is 11.8 Å². The lowest BCUT2D eigenvalue weighted by Crippen LogP contribution is -2.66. The van der Waals surface area contributed by atoms with Crippen molar-refractivity contribution in [2.45, 2.75) is 74.1 Å². The van der Waals surface area contributed by atoms with Crippen molar-refractivity contribution >= 4 is 0 Å². The largest absolute Gasteiger partial charge is 0.504 e. The second-order valence-corrected chi connectivity index (χ2v) is 10.6. The molecule has 4 N–H and O–H groups in total. The first-order chi connectivity index (χ1) is 17.3. The molecule has 11 heteroatoms. The number of phenolic OH excluding ortho intramolecular Hbond substituents is 1. The molecule has 1 aromatic heterocycles. The summed E-state index contributed by atoms with van der Waals surface area (Å²) >= 11 is 0. The molecule has 192 valence electrons. The van der Waals surface area contributed by atoms with Gasteiger partial charge in [0.2, 0.25) is 11.8 Å². The molecule has 10 atom stereocenters. The van der Waals surface area contributed by atoms with Gasteiger partial charge in [0.15, 0.2) is 23.9 Å². The third-order valence-corrected chi connectivity index (χ3v) is 8.78. The Labute approximate surface area is 206 Å². The molecule has 2 aromatic rings. The van der Waals surface area contributed by atoms with Gasteiger partial charge in [0, 0.05) is 29.9 Å². The number of likely N-dealkylation sites (tertiary alicyclic amines) is 1. The first-order valence-electron chi connectivity index (χ1n) is 12.4. The Hall–Kier alpha value is -2.54. The molecule has 1 spiro atoms. The molecule has 2 aliphatic carbocycles. The van der Waals surface area contributed by atoms with E-state index in [1.807, 2.05) is 12.1 Å². The van der Waals surface area contributed by atoms with Gasteiger partial charge in [-0.25, -0.2) is 0 Å². The van der Waals surface area contributed by atoms with Crippen LogP contribution in [0.25, 0.3) is 0 Å². The van der Waals surface area contributed by atoms with Crippen molar-refractivity contribution in [1.29, 1.82) is 0 Å². The number of aromatic nitrogens is 2. The van der Waals surface area contributed by atoms with Crippen LogP contribution >= 0.6 is 0 Å². The maximum Gasteiger partial charge on any atom is 0.248 e. The van der Waals surface area contributed by atoms with Gasteiger partial charge in [0.05, 0.1) is 0 Å². The number of nitrogens with zero attached hydrogens (tertiary/aromatic N) is 3. The Kier molecular flexibility index (Phi) is 4.86. The third-order valence-electron chi connectivity index (χ3n) is 8.78. The Balaban J connectivity index is 1.24. The van der Waals surface area contributed by atoms with Gasteiger partial charge in [-0.05, 0) is 38.1 Å². The predicted molar refractivity (Wildman–Crippen MR) is 121 cm³/mol. The molecule has 4 unspecified atom stereocenters. The molecule has 36 heavy (non-hydrogen) atoms. The number of piperidine rings is 1. The van der Waals surface area contributed by atoms with Gasteiger partial charge in [0.1, 0.15) is 30.5 Å². The van der Waals surface area contributed by atoms with Crippen LogP contribution in [0.3, 0.4) is 0 Å². The molecule has 4 heterocycles. The fourth-order valence-corrected chi connectivity index (χ4v) is 7.08. The summed E-state index contributed by atoms with van der Waals surface area (Å²) < 4.78 is 24.1. The van der Waals surface area contributed by atoms with Gasteiger partial charge in [-0.15, -0.1) is 10.2 Å². The van der Waals surface area contributed by atoms with Crippen LogP contribution < -0.4 is 4.74 Å². The van der Waals surface area contributed by atoms with Gasteiger partial charge in [0.25, 0.3) is 0 Å². The quantitative estimate of drug-likeness (QED) is 0.426. The molecule has 2 fully saturated rings. The number of rotatable bonds is 3. The van der Waals surface area contributed by atoms with Crippen LogP contribution in [0.4, 0.5) is 0 Å². The molecule has 0 radical (unpaired) electrons. The Morgan fingerprint density at radius 1 is 1.11 bits per heavy atom. The van der Waals surface area contributed by atoms with Gasteiger partial charge < -0.3 is 44.0 Å². The Morgan fingerprint density at radius 2 is 1.94 bits per heavy atom. The van der Waals surface area contributed by atoms with E-state index >= 15 is 0 Å². The van der Waals surface area contributed by atoms with Gasteiger partial charge in [-0.1, -0.05) is 18.2 Å². The predicted octanol–water partition coefficient (Wildman–Crippen LogP) is 0.0941. The highest BCUT2D eigenvalue weighted by Crippen LogP contribution is 2.62. The van der Waals surface area contributed by atoms with E-state index < -0.39 is 42.9 Å². The summed E-state index contributed by atoms with van der Waals surface area (Å²) in [5.41, 5.74) is 1.84. The van der Waals surface area contributed by atoms with Crippen LogP contribution in [-0.4, -0.2) is 92.0 Å². The summed E-state index contributed by atoms with van der Waals surface area (Å²) in [5.74, 6) is 1.05. The zero-order chi connectivity index (χ0) is 24.9. The van der Waals surface area contributed by atoms with Gasteiger partial charge in [-0.2, -0.15) is 0 Å². The zero-order valence-electron chi connectivity index (χ0n) is 19.9. The number of aliphatic hydroxyl groups excluding tert-OH is 3. The first-order valence-corrected chi connectivity index (χ1v) is 12.4. The van der Waals surface area contributed by atoms with Crippen molar-refractivity contribution in [2.75, 3.05) is 13.6 Å². The van der Waals surface area contributed by atoms with E-state index in [0.717, 1.165) is 24.9 Å². The maximum absolute atomic E-state index is 10.7. The number of aromatic hydroxyl groups is 1. The van der Waals surface area contributed by atoms with E-state index in [-0.39, 0.29) is 28.9 Å². The number of aryl methyl sites for hydroxylation is 1. The number of likely N-dealkylation sites (N-methyl/N-ethyl adjacent to an activating group) is 1. The molecule has 11 nitrogen and oxygen atoms in total. The SMILES string of the molecule is Cc1nnc(C2O[C@@H](OC3C=CC4[C@H]5Cc6ccc(O)c7c6[C@@]4(CCN5C)[C@H]3O7)C(O)[C@@H](O)[C@H]2O)o1. The smallest absolute Gasteiger partial charge is 0.248 e. The second kappa shape index (κ2) is 7.73. The third kappa shape index (κ3) is 2.89. The Bertz CT molecular complexity index is 1230. The molecule has 0 saturated carbocycles. The Morgan fingerprint density at radius 3 is 2.72 bits per heavy atom. The number of benzene rings is 1. The van der Waals surface area contributed by atoms with Crippen molar-refractivity contribution in [3.63, 3.8) is 0 Å². The minimum Gasteiger partial charge on any atom is -0.504 e. The highest BCUT2D eigenvalue weighted by molar-refractivity contribution is 5.61. The summed E-state index contributed by atoms with van der Waals surface area (Å²) in [4.78, 5) is 2.38. The molecule has 2 saturated heterocycles. The number of ether oxygens (including phenoxy) is 3. The van der Waals surface area contributed by atoms with Crippen molar-refractivity contribution in [3.05, 3.63) is 47.2 Å². The minimum absolute atomic E-state index is 0.0121. The van der Waals surface area contributed by atoms with E-state index in [4.69, 9.17) is 18.6 Å². The van der Waals surface area contributed by atoms with Crippen molar-refractivity contribution in [1.82, 2.24) is 15.1 Å². The molecule has 1 aromatic carbocycles. The van der Waals surface area contributed by atoms with Crippen LogP contribution in [-0.2, 0) is 21.3 Å². The van der Waals surface area contributed by atoms with E-state index in [1.165, 1.54) is 5.56 Å². The minimum atomic E-state index is -1.56. The molecule has 5 aliphatic rings. The summed E-state index contributed by atoms with van der Waals surface area (Å²) in [7, 11) is 2.14. The number of phenols is 1. The lowest BCUT2D eigenvalue weighted by Gasteiger charge is -2.57. The number of aliphatic hydroxyl groups is 3. The van der Waals surface area contributed by atoms with Crippen LogP contribution in [0, 0.1) is 12.8 Å². The van der Waals surface area contributed by atoms with Crippen LogP contribution in [0.2, 0.25) is 0 Å². The molecular weight excluding hydrogens is 470 g/mol. The summed E-state index contributed by atoms with van der Waals surface area (Å²) in [5, 5.41) is 50.2. The first kappa shape index (κ1) is 22.6. The second-order valence-electron chi connectivity index (χ2n) is 10.6. The summed E-state index contributed by atoms with van der Waals surface area (Å²) in [6.45, 7) is 2.48. The highest BCUT2D eigenvalue weighted by atomic mass is 16.7. The number of hydrogen-bond acceptors (Lipinski definition) is 11. The highest BCUT2D eigenvalue weighted by Gasteiger charge is 2.65. The molecule has 7 rings (SSSR count). The summed E-state index contributed by atoms with van der Waals surface area (Å²) in [6.07, 6.45) is -2.36. The number of hydrogen-bond donors (Lipinski definition) is 4. The maximum atomic E-state index is 10.7. The fourth-order valence-electron chi connectivity index (χ4n) is 7.08. The monoisotopic (exact) mass is 499 g/mol. The van der Waals surface area contributed by atoms with Crippen LogP contribution in [0.15, 0.2) is 28.7 Å². The summed E-state index contributed by atoms with van der Waals surface area (Å²) in [6, 6.07) is 3.97.